The molecule has 0 spiro atoms. The van der Waals surface area contributed by atoms with E-state index in [1.54, 1.807) is 38.1 Å². The number of rotatable bonds is 8. The molecule has 0 saturated heterocycles. The monoisotopic (exact) mass is 546 g/mol. The van der Waals surface area contributed by atoms with Crippen molar-refractivity contribution in [2.24, 2.45) is 0 Å². The summed E-state index contributed by atoms with van der Waals surface area (Å²) in [6.45, 7) is 3.43. The number of hydrogen-bond donors (Lipinski definition) is 2. The van der Waals surface area contributed by atoms with Gasteiger partial charge in [0.25, 0.3) is 10.0 Å². The highest BCUT2D eigenvalue weighted by Crippen LogP contribution is 2.36. The normalized spacial score (nSPS) is 11.3. The lowest BCUT2D eigenvalue weighted by molar-refractivity contribution is -0.111. The van der Waals surface area contributed by atoms with Gasteiger partial charge in [0.05, 0.1) is 23.6 Å². The molecule has 3 rings (SSSR count). The maximum atomic E-state index is 12.6. The number of aromatic nitrogens is 2. The van der Waals surface area contributed by atoms with E-state index in [0.717, 1.165) is 5.56 Å². The molecular weight excluding hydrogens is 524 g/mol. The zero-order chi connectivity index (χ0) is 24.9. The average molecular weight is 547 g/mol. The van der Waals surface area contributed by atoms with Gasteiger partial charge >= 0.3 is 0 Å². The molecule has 11 heteroatoms. The summed E-state index contributed by atoms with van der Waals surface area (Å²) in [6.07, 6.45) is 2.98. The Labute approximate surface area is 206 Å². The fourth-order valence-corrected chi connectivity index (χ4v) is 4.69. The molecule has 0 saturated carbocycles. The number of aryl methyl sites for hydroxylation is 2. The number of carbonyl (C=O) groups excluding carboxylic acids is 1. The molecule has 0 atom stereocenters. The number of sulfonamides is 1. The number of anilines is 2. The molecule has 34 heavy (non-hydrogen) atoms. The predicted octanol–water partition coefficient (Wildman–Crippen LogP) is 4.33. The van der Waals surface area contributed by atoms with Gasteiger partial charge in [0.2, 0.25) is 5.91 Å². The van der Waals surface area contributed by atoms with Crippen LogP contribution < -0.4 is 19.5 Å². The zero-order valence-corrected chi connectivity index (χ0v) is 21.3. The van der Waals surface area contributed by atoms with Gasteiger partial charge in [-0.3, -0.25) is 9.52 Å². The Morgan fingerprint density at radius 1 is 1.03 bits per heavy atom. The molecule has 1 heterocycles. The zero-order valence-electron chi connectivity index (χ0n) is 18.9. The van der Waals surface area contributed by atoms with Gasteiger partial charge in [0.15, 0.2) is 11.5 Å². The number of nitrogens with one attached hydrogen (secondary N) is 2. The molecule has 2 N–H and O–H groups in total. The molecule has 3 aromatic rings. The minimum absolute atomic E-state index is 0.0325. The van der Waals surface area contributed by atoms with Crippen LogP contribution in [0.25, 0.3) is 6.08 Å². The second-order valence-electron chi connectivity index (χ2n) is 7.13. The van der Waals surface area contributed by atoms with E-state index in [0.29, 0.717) is 33.2 Å². The first-order valence-electron chi connectivity index (χ1n) is 9.97. The van der Waals surface area contributed by atoms with Crippen LogP contribution in [0.2, 0.25) is 0 Å². The van der Waals surface area contributed by atoms with Crippen molar-refractivity contribution in [3.05, 3.63) is 70.1 Å². The van der Waals surface area contributed by atoms with Crippen molar-refractivity contribution in [1.82, 2.24) is 9.97 Å². The van der Waals surface area contributed by atoms with E-state index in [2.05, 4.69) is 35.9 Å². The van der Waals surface area contributed by atoms with Gasteiger partial charge in [-0.2, -0.15) is 0 Å². The largest absolute Gasteiger partial charge is 0.493 e. The van der Waals surface area contributed by atoms with Gasteiger partial charge in [-0.1, -0.05) is 0 Å². The van der Waals surface area contributed by atoms with E-state index in [-0.39, 0.29) is 16.6 Å². The molecule has 9 nitrogen and oxygen atoms in total. The van der Waals surface area contributed by atoms with Crippen molar-refractivity contribution in [2.45, 2.75) is 18.7 Å². The second kappa shape index (κ2) is 10.7. The number of nitrogens with zero attached hydrogens (tertiary/aromatic N) is 2. The standard InChI is InChI=1S/C23H23BrN4O5S/c1-14-11-21(26-15(2)25-14)28-34(30,31)18-8-6-17(7-9-18)27-22(29)10-5-16-12-19(24)23(33-4)20(13-16)32-3/h5-13H,1-4H3,(H,27,29)(H,25,26,28)/b10-5+. The third-order valence-electron chi connectivity index (χ3n) is 4.52. The molecule has 0 bridgehead atoms. The predicted molar refractivity (Wildman–Crippen MR) is 134 cm³/mol. The Hall–Kier alpha value is -3.44. The van der Waals surface area contributed by atoms with Crippen LogP contribution >= 0.6 is 15.9 Å². The quantitative estimate of drug-likeness (QED) is 0.403. The summed E-state index contributed by atoms with van der Waals surface area (Å²) in [5.41, 5.74) is 1.81. The second-order valence-corrected chi connectivity index (χ2v) is 9.67. The summed E-state index contributed by atoms with van der Waals surface area (Å²) in [7, 11) is -0.783. The van der Waals surface area contributed by atoms with E-state index in [1.807, 2.05) is 0 Å². The Balaban J connectivity index is 1.68. The molecule has 0 fully saturated rings. The van der Waals surface area contributed by atoms with Crippen LogP contribution in [0, 0.1) is 13.8 Å². The summed E-state index contributed by atoms with van der Waals surface area (Å²) in [6, 6.07) is 10.9. The smallest absolute Gasteiger partial charge is 0.263 e. The Morgan fingerprint density at radius 2 is 1.74 bits per heavy atom. The first-order valence-corrected chi connectivity index (χ1v) is 12.2. The van der Waals surface area contributed by atoms with E-state index in [9.17, 15) is 13.2 Å². The summed E-state index contributed by atoms with van der Waals surface area (Å²) < 4.78 is 39.0. The lowest BCUT2D eigenvalue weighted by Crippen LogP contribution is -2.15. The van der Waals surface area contributed by atoms with Crippen molar-refractivity contribution in [3.63, 3.8) is 0 Å². The van der Waals surface area contributed by atoms with Gasteiger partial charge in [0, 0.05) is 23.5 Å². The van der Waals surface area contributed by atoms with Gasteiger partial charge in [-0.05, 0) is 77.8 Å². The maximum absolute atomic E-state index is 12.6. The lowest BCUT2D eigenvalue weighted by atomic mass is 10.2. The lowest BCUT2D eigenvalue weighted by Gasteiger charge is -2.10. The number of ether oxygens (including phenoxy) is 2. The maximum Gasteiger partial charge on any atom is 0.263 e. The van der Waals surface area contributed by atoms with Crippen LogP contribution in [-0.4, -0.2) is 38.5 Å². The topological polar surface area (TPSA) is 120 Å². The van der Waals surface area contributed by atoms with Crippen LogP contribution in [0.15, 0.2) is 57.9 Å². The fourth-order valence-electron chi connectivity index (χ4n) is 3.07. The first-order chi connectivity index (χ1) is 16.1. The highest BCUT2D eigenvalue weighted by molar-refractivity contribution is 9.10. The van der Waals surface area contributed by atoms with Gasteiger partial charge in [-0.25, -0.2) is 18.4 Å². The van der Waals surface area contributed by atoms with Crippen LogP contribution in [0.1, 0.15) is 17.1 Å². The van der Waals surface area contributed by atoms with Crippen molar-refractivity contribution in [2.75, 3.05) is 24.3 Å². The van der Waals surface area contributed by atoms with Crippen LogP contribution in [-0.2, 0) is 14.8 Å². The third kappa shape index (κ3) is 6.33. The molecule has 0 aliphatic heterocycles. The van der Waals surface area contributed by atoms with E-state index < -0.39 is 10.0 Å². The first kappa shape index (κ1) is 25.2. The number of hydrogen-bond acceptors (Lipinski definition) is 7. The minimum atomic E-state index is -3.85. The van der Waals surface area contributed by atoms with Crippen molar-refractivity contribution in [1.29, 1.82) is 0 Å². The van der Waals surface area contributed by atoms with Crippen molar-refractivity contribution < 1.29 is 22.7 Å². The highest BCUT2D eigenvalue weighted by atomic mass is 79.9. The summed E-state index contributed by atoms with van der Waals surface area (Å²) >= 11 is 3.41. The molecule has 0 radical (unpaired) electrons. The van der Waals surface area contributed by atoms with Crippen molar-refractivity contribution >= 4 is 49.4 Å². The Kier molecular flexibility index (Phi) is 7.90. The fraction of sp³-hybridized carbons (Fsp3) is 0.174. The van der Waals surface area contributed by atoms with Crippen molar-refractivity contribution in [3.8, 4) is 11.5 Å². The Morgan fingerprint density at radius 3 is 2.35 bits per heavy atom. The minimum Gasteiger partial charge on any atom is -0.493 e. The molecule has 1 aromatic heterocycles. The van der Waals surface area contributed by atoms with Gasteiger partial charge < -0.3 is 14.8 Å². The number of carbonyl (C=O) groups is 1. The Bertz CT molecular complexity index is 1320. The summed E-state index contributed by atoms with van der Waals surface area (Å²) in [5, 5.41) is 2.69. The molecule has 0 unspecified atom stereocenters. The van der Waals surface area contributed by atoms with E-state index >= 15 is 0 Å². The number of amides is 1. The SMILES string of the molecule is COc1cc(/C=C/C(=O)Nc2ccc(S(=O)(=O)Nc3cc(C)nc(C)n3)cc2)cc(Br)c1OC. The van der Waals surface area contributed by atoms with Crippen LogP contribution in [0.4, 0.5) is 11.5 Å². The molecule has 178 valence electrons. The van der Waals surface area contributed by atoms with E-state index in [4.69, 9.17) is 9.47 Å². The molecular formula is C23H23BrN4O5S. The molecule has 0 aliphatic rings. The number of halogens is 1. The summed E-state index contributed by atoms with van der Waals surface area (Å²) in [4.78, 5) is 20.6. The molecule has 1 amide bonds. The summed E-state index contributed by atoms with van der Waals surface area (Å²) in [5.74, 6) is 1.35. The van der Waals surface area contributed by atoms with Crippen LogP contribution in [0.3, 0.4) is 0 Å². The highest BCUT2D eigenvalue weighted by Gasteiger charge is 2.16. The third-order valence-corrected chi connectivity index (χ3v) is 6.48. The molecule has 0 aliphatic carbocycles. The van der Waals surface area contributed by atoms with Gasteiger partial charge in [-0.15, -0.1) is 0 Å². The average Bonchev–Trinajstić information content (AvgIpc) is 2.76. The number of methoxy groups -OCH3 is 2. The molecule has 2 aromatic carbocycles. The van der Waals surface area contributed by atoms with Crippen LogP contribution in [0.5, 0.6) is 11.5 Å². The van der Waals surface area contributed by atoms with E-state index in [1.165, 1.54) is 44.6 Å². The number of benzene rings is 2. The van der Waals surface area contributed by atoms with Gasteiger partial charge in [0.1, 0.15) is 11.6 Å².